The fraction of sp³-hybridized carbons (Fsp3) is 0.667. The Labute approximate surface area is 130 Å². The molecule has 1 N–H and O–H groups in total. The summed E-state index contributed by atoms with van der Waals surface area (Å²) < 4.78 is 7.00. The highest BCUT2D eigenvalue weighted by atomic mass is 16.6. The first-order chi connectivity index (χ1) is 10.2. The van der Waals surface area contributed by atoms with Gasteiger partial charge in [-0.15, -0.1) is 0 Å². The summed E-state index contributed by atoms with van der Waals surface area (Å²) in [6.45, 7) is 8.83. The Hall–Kier alpha value is -2.05. The summed E-state index contributed by atoms with van der Waals surface area (Å²) in [5.74, 6) is -0.162. The Bertz CT molecular complexity index is 586. The number of amides is 2. The number of carbonyl (C=O) groups excluding carboxylic acids is 2. The molecule has 1 aromatic heterocycles. The van der Waals surface area contributed by atoms with Gasteiger partial charge in [0.25, 0.3) is 5.91 Å². The van der Waals surface area contributed by atoms with Crippen molar-refractivity contribution in [3.63, 3.8) is 0 Å². The van der Waals surface area contributed by atoms with Crippen molar-refractivity contribution < 1.29 is 14.3 Å². The number of hydrogen-bond donors (Lipinski definition) is 1. The first-order valence-electron chi connectivity index (χ1n) is 7.53. The molecule has 1 aromatic rings. The van der Waals surface area contributed by atoms with Gasteiger partial charge in [-0.3, -0.25) is 9.48 Å². The number of fused-ring (bicyclic) bond motifs is 1. The van der Waals surface area contributed by atoms with Gasteiger partial charge in [0.1, 0.15) is 11.3 Å². The normalized spacial score (nSPS) is 14.5. The summed E-state index contributed by atoms with van der Waals surface area (Å²) >= 11 is 0. The van der Waals surface area contributed by atoms with E-state index in [4.69, 9.17) is 4.74 Å². The SMILES string of the molecule is CCNC(=O)c1c2c(nn1C)CCN(C(=O)OC(C)(C)C)C2. The van der Waals surface area contributed by atoms with E-state index in [9.17, 15) is 9.59 Å². The van der Waals surface area contributed by atoms with Gasteiger partial charge in [0.05, 0.1) is 12.2 Å². The van der Waals surface area contributed by atoms with Crippen molar-refractivity contribution in [2.45, 2.75) is 46.3 Å². The van der Waals surface area contributed by atoms with Crippen LogP contribution in [0, 0.1) is 0 Å². The van der Waals surface area contributed by atoms with Crippen LogP contribution in [0.4, 0.5) is 4.79 Å². The van der Waals surface area contributed by atoms with E-state index in [2.05, 4.69) is 10.4 Å². The molecule has 7 heteroatoms. The average molecular weight is 308 g/mol. The molecule has 1 aliphatic heterocycles. The van der Waals surface area contributed by atoms with E-state index in [1.807, 2.05) is 27.7 Å². The molecule has 0 aromatic carbocycles. The largest absolute Gasteiger partial charge is 0.444 e. The molecule has 0 atom stereocenters. The molecule has 122 valence electrons. The molecule has 0 fully saturated rings. The van der Waals surface area contributed by atoms with Crippen molar-refractivity contribution in [3.8, 4) is 0 Å². The molecule has 2 amide bonds. The van der Waals surface area contributed by atoms with Gasteiger partial charge >= 0.3 is 6.09 Å². The van der Waals surface area contributed by atoms with Crippen molar-refractivity contribution in [1.29, 1.82) is 0 Å². The van der Waals surface area contributed by atoms with Crippen LogP contribution in [0.2, 0.25) is 0 Å². The van der Waals surface area contributed by atoms with Gasteiger partial charge in [-0.1, -0.05) is 0 Å². The number of carbonyl (C=O) groups is 2. The van der Waals surface area contributed by atoms with Crippen LogP contribution < -0.4 is 5.32 Å². The summed E-state index contributed by atoms with van der Waals surface area (Å²) in [5.41, 5.74) is 1.67. The zero-order valence-corrected chi connectivity index (χ0v) is 13.9. The maximum absolute atomic E-state index is 12.2. The summed E-state index contributed by atoms with van der Waals surface area (Å²) in [7, 11) is 1.75. The summed E-state index contributed by atoms with van der Waals surface area (Å²) in [4.78, 5) is 26.0. The van der Waals surface area contributed by atoms with Crippen molar-refractivity contribution in [2.24, 2.45) is 7.05 Å². The van der Waals surface area contributed by atoms with Crippen LogP contribution in [0.25, 0.3) is 0 Å². The lowest BCUT2D eigenvalue weighted by molar-refractivity contribution is 0.0222. The minimum Gasteiger partial charge on any atom is -0.444 e. The monoisotopic (exact) mass is 308 g/mol. The molecule has 1 aliphatic rings. The van der Waals surface area contributed by atoms with Gasteiger partial charge in [-0.05, 0) is 27.7 Å². The number of nitrogens with zero attached hydrogens (tertiary/aromatic N) is 3. The van der Waals surface area contributed by atoms with E-state index in [0.717, 1.165) is 11.3 Å². The molecule has 0 aliphatic carbocycles. The van der Waals surface area contributed by atoms with Crippen molar-refractivity contribution >= 4 is 12.0 Å². The Kier molecular flexibility index (Phi) is 4.44. The van der Waals surface area contributed by atoms with E-state index in [0.29, 0.717) is 31.7 Å². The maximum atomic E-state index is 12.2. The lowest BCUT2D eigenvalue weighted by Crippen LogP contribution is -2.40. The van der Waals surface area contributed by atoms with Crippen LogP contribution in [0.1, 0.15) is 49.4 Å². The molecule has 0 spiro atoms. The van der Waals surface area contributed by atoms with E-state index in [1.165, 1.54) is 0 Å². The van der Waals surface area contributed by atoms with E-state index in [1.54, 1.807) is 16.6 Å². The van der Waals surface area contributed by atoms with Crippen molar-refractivity contribution in [2.75, 3.05) is 13.1 Å². The first-order valence-corrected chi connectivity index (χ1v) is 7.53. The Morgan fingerprint density at radius 3 is 2.64 bits per heavy atom. The summed E-state index contributed by atoms with van der Waals surface area (Å²) in [6, 6.07) is 0. The average Bonchev–Trinajstić information content (AvgIpc) is 2.71. The lowest BCUT2D eigenvalue weighted by Gasteiger charge is -2.29. The third-order valence-electron chi connectivity index (χ3n) is 3.40. The number of rotatable bonds is 2. The van der Waals surface area contributed by atoms with E-state index < -0.39 is 5.60 Å². The summed E-state index contributed by atoms with van der Waals surface area (Å²) in [5, 5.41) is 7.19. The number of ether oxygens (including phenoxy) is 1. The molecule has 0 bridgehead atoms. The molecule has 2 heterocycles. The van der Waals surface area contributed by atoms with Crippen LogP contribution in [0.3, 0.4) is 0 Å². The number of aromatic nitrogens is 2. The molecule has 22 heavy (non-hydrogen) atoms. The van der Waals surface area contributed by atoms with Crippen LogP contribution in [0.5, 0.6) is 0 Å². The van der Waals surface area contributed by atoms with Gasteiger partial charge in [-0.25, -0.2) is 4.79 Å². The topological polar surface area (TPSA) is 76.5 Å². The highest BCUT2D eigenvalue weighted by molar-refractivity contribution is 5.94. The van der Waals surface area contributed by atoms with Gasteiger partial charge in [0.15, 0.2) is 0 Å². The quantitative estimate of drug-likeness (QED) is 0.897. The van der Waals surface area contributed by atoms with Crippen LogP contribution in [-0.4, -0.2) is 45.4 Å². The van der Waals surface area contributed by atoms with Gasteiger partial charge in [0, 0.05) is 32.1 Å². The van der Waals surface area contributed by atoms with Gasteiger partial charge < -0.3 is 15.0 Å². The molecule has 0 unspecified atom stereocenters. The lowest BCUT2D eigenvalue weighted by atomic mass is 10.1. The predicted octanol–water partition coefficient (Wildman–Crippen LogP) is 1.46. The first kappa shape index (κ1) is 16.3. The fourth-order valence-electron chi connectivity index (χ4n) is 2.51. The fourth-order valence-corrected chi connectivity index (χ4v) is 2.51. The van der Waals surface area contributed by atoms with Crippen molar-refractivity contribution in [1.82, 2.24) is 20.0 Å². The van der Waals surface area contributed by atoms with Crippen LogP contribution >= 0.6 is 0 Å². The smallest absolute Gasteiger partial charge is 0.410 e. The Morgan fingerprint density at radius 1 is 1.36 bits per heavy atom. The second kappa shape index (κ2) is 5.98. The zero-order valence-electron chi connectivity index (χ0n) is 13.9. The molecule has 2 rings (SSSR count). The second-order valence-electron chi connectivity index (χ2n) is 6.41. The number of aryl methyl sites for hydroxylation is 1. The molecule has 0 saturated heterocycles. The van der Waals surface area contributed by atoms with Crippen LogP contribution in [-0.2, 0) is 24.8 Å². The highest BCUT2D eigenvalue weighted by Crippen LogP contribution is 2.23. The number of hydrogen-bond acceptors (Lipinski definition) is 4. The molecular formula is C15H24N4O3. The Balaban J connectivity index is 2.22. The number of nitrogens with one attached hydrogen (secondary N) is 1. The van der Waals surface area contributed by atoms with E-state index in [-0.39, 0.29) is 12.0 Å². The van der Waals surface area contributed by atoms with Crippen molar-refractivity contribution in [3.05, 3.63) is 17.0 Å². The van der Waals surface area contributed by atoms with Gasteiger partial charge in [-0.2, -0.15) is 5.10 Å². The third-order valence-corrected chi connectivity index (χ3v) is 3.40. The standard InChI is InChI=1S/C15H24N4O3/c1-6-16-13(20)12-10-9-19(14(21)22-15(2,3)4)8-7-11(10)17-18(12)5/h6-9H2,1-5H3,(H,16,20). The molecule has 0 saturated carbocycles. The summed E-state index contributed by atoms with van der Waals surface area (Å²) in [6.07, 6.45) is 0.269. The van der Waals surface area contributed by atoms with Gasteiger partial charge in [0.2, 0.25) is 0 Å². The Morgan fingerprint density at radius 2 is 2.05 bits per heavy atom. The zero-order chi connectivity index (χ0) is 16.5. The molecule has 0 radical (unpaired) electrons. The maximum Gasteiger partial charge on any atom is 0.410 e. The van der Waals surface area contributed by atoms with Crippen LogP contribution in [0.15, 0.2) is 0 Å². The minimum absolute atomic E-state index is 0.162. The predicted molar refractivity (Wildman–Crippen MR) is 81.6 cm³/mol. The molecule has 7 nitrogen and oxygen atoms in total. The minimum atomic E-state index is -0.533. The van der Waals surface area contributed by atoms with E-state index >= 15 is 0 Å². The third kappa shape index (κ3) is 3.40. The highest BCUT2D eigenvalue weighted by Gasteiger charge is 2.31. The molecular weight excluding hydrogens is 284 g/mol. The second-order valence-corrected chi connectivity index (χ2v) is 6.41.